The first-order valence-electron chi connectivity index (χ1n) is 5.11. The molecule has 18 heavy (non-hydrogen) atoms. The zero-order valence-corrected chi connectivity index (χ0v) is 8.98. The van der Waals surface area contributed by atoms with Crippen molar-refractivity contribution in [3.63, 3.8) is 0 Å². The average molecular weight is 246 g/mol. The van der Waals surface area contributed by atoms with Crippen LogP contribution >= 0.6 is 0 Å². The number of fused-ring (bicyclic) bond motifs is 1. The van der Waals surface area contributed by atoms with Crippen molar-refractivity contribution < 1.29 is 18.7 Å². The molecule has 0 saturated heterocycles. The molecule has 0 fully saturated rings. The second-order valence-electron chi connectivity index (χ2n) is 3.76. The van der Waals surface area contributed by atoms with Gasteiger partial charge in [0.05, 0.1) is 12.0 Å². The molecule has 2 N–H and O–H groups in total. The van der Waals surface area contributed by atoms with Crippen LogP contribution in [0.3, 0.4) is 0 Å². The molecule has 0 atom stereocenters. The predicted octanol–water partition coefficient (Wildman–Crippen LogP) is 2.66. The van der Waals surface area contributed by atoms with Crippen LogP contribution in [0.5, 0.6) is 0 Å². The molecule has 5 nitrogen and oxygen atoms in total. The third-order valence-corrected chi connectivity index (χ3v) is 2.60. The minimum absolute atomic E-state index is 0.0611. The summed E-state index contributed by atoms with van der Waals surface area (Å²) in [7, 11) is 0. The normalized spacial score (nSPS) is 10.9. The standard InChI is InChI=1S/C12H7FN2O3/c13-7-3-6-1-2-18-11(6)8(4-7)9-5-10(12(16)17)15-14-9/h1-5H,(H,14,15)(H,16,17). The lowest BCUT2D eigenvalue weighted by Gasteiger charge is -1.98. The zero-order chi connectivity index (χ0) is 12.7. The van der Waals surface area contributed by atoms with Crippen LogP contribution in [-0.2, 0) is 0 Å². The quantitative estimate of drug-likeness (QED) is 0.728. The Morgan fingerprint density at radius 3 is 2.94 bits per heavy atom. The van der Waals surface area contributed by atoms with Crippen LogP contribution < -0.4 is 0 Å². The van der Waals surface area contributed by atoms with Crippen molar-refractivity contribution >= 4 is 16.9 Å². The highest BCUT2D eigenvalue weighted by Gasteiger charge is 2.14. The van der Waals surface area contributed by atoms with E-state index in [0.29, 0.717) is 22.2 Å². The Bertz CT molecular complexity index is 745. The monoisotopic (exact) mass is 246 g/mol. The lowest BCUT2D eigenvalue weighted by Crippen LogP contribution is -1.95. The van der Waals surface area contributed by atoms with E-state index in [4.69, 9.17) is 9.52 Å². The highest BCUT2D eigenvalue weighted by atomic mass is 19.1. The number of nitrogens with zero attached hydrogens (tertiary/aromatic N) is 1. The summed E-state index contributed by atoms with van der Waals surface area (Å²) in [4.78, 5) is 10.8. The van der Waals surface area contributed by atoms with Crippen LogP contribution in [0.2, 0.25) is 0 Å². The molecule has 2 heterocycles. The van der Waals surface area contributed by atoms with E-state index in [0.717, 1.165) is 0 Å². The lowest BCUT2D eigenvalue weighted by atomic mass is 10.1. The highest BCUT2D eigenvalue weighted by molar-refractivity contribution is 5.93. The molecule has 0 aliphatic rings. The third-order valence-electron chi connectivity index (χ3n) is 2.60. The number of aromatic nitrogens is 2. The molecule has 0 saturated carbocycles. The molecule has 0 amide bonds. The number of carbonyl (C=O) groups is 1. The summed E-state index contributed by atoms with van der Waals surface area (Å²) >= 11 is 0. The zero-order valence-electron chi connectivity index (χ0n) is 8.98. The Kier molecular flexibility index (Phi) is 2.16. The molecule has 0 aliphatic heterocycles. The third kappa shape index (κ3) is 1.55. The molecule has 2 aromatic heterocycles. The van der Waals surface area contributed by atoms with Crippen molar-refractivity contribution in [2.45, 2.75) is 0 Å². The molecule has 0 spiro atoms. The topological polar surface area (TPSA) is 79.1 Å². The molecular formula is C12H7FN2O3. The lowest BCUT2D eigenvalue weighted by molar-refractivity contribution is 0.0690. The van der Waals surface area contributed by atoms with Crippen molar-refractivity contribution in [3.05, 3.63) is 42.0 Å². The van der Waals surface area contributed by atoms with Gasteiger partial charge in [-0.2, -0.15) is 5.10 Å². The van der Waals surface area contributed by atoms with Gasteiger partial charge in [-0.15, -0.1) is 0 Å². The van der Waals surface area contributed by atoms with Gasteiger partial charge in [-0.05, 0) is 24.3 Å². The first kappa shape index (κ1) is 10.5. The van der Waals surface area contributed by atoms with Crippen molar-refractivity contribution in [2.75, 3.05) is 0 Å². The molecule has 0 bridgehead atoms. The SMILES string of the molecule is O=C(O)c1cc(-c2cc(F)cc3ccoc23)n[nH]1. The molecule has 6 heteroatoms. The van der Waals surface area contributed by atoms with Crippen molar-refractivity contribution in [1.29, 1.82) is 0 Å². The molecule has 0 unspecified atom stereocenters. The van der Waals surface area contributed by atoms with E-state index in [9.17, 15) is 9.18 Å². The molecule has 3 aromatic rings. The van der Waals surface area contributed by atoms with Gasteiger partial charge < -0.3 is 9.52 Å². The average Bonchev–Trinajstić information content (AvgIpc) is 2.95. The Morgan fingerprint density at radius 1 is 1.39 bits per heavy atom. The maximum atomic E-state index is 13.4. The number of carboxylic acids is 1. The molecule has 3 rings (SSSR count). The Balaban J connectivity index is 2.23. The van der Waals surface area contributed by atoms with Crippen LogP contribution in [0.4, 0.5) is 4.39 Å². The van der Waals surface area contributed by atoms with Gasteiger partial charge in [-0.1, -0.05) is 0 Å². The van der Waals surface area contributed by atoms with Crippen LogP contribution in [0.1, 0.15) is 10.5 Å². The van der Waals surface area contributed by atoms with Gasteiger partial charge >= 0.3 is 5.97 Å². The summed E-state index contributed by atoms with van der Waals surface area (Å²) in [6.45, 7) is 0. The Labute approximate surface area is 99.8 Å². The molecule has 0 radical (unpaired) electrons. The summed E-state index contributed by atoms with van der Waals surface area (Å²) in [5.74, 6) is -1.56. The smallest absolute Gasteiger partial charge is 0.353 e. The number of hydrogen-bond donors (Lipinski definition) is 2. The Morgan fingerprint density at radius 2 is 2.22 bits per heavy atom. The highest BCUT2D eigenvalue weighted by Crippen LogP contribution is 2.29. The largest absolute Gasteiger partial charge is 0.477 e. The van der Waals surface area contributed by atoms with Crippen LogP contribution in [0, 0.1) is 5.82 Å². The fourth-order valence-electron chi connectivity index (χ4n) is 1.80. The number of aromatic amines is 1. The second-order valence-corrected chi connectivity index (χ2v) is 3.76. The summed E-state index contributed by atoms with van der Waals surface area (Å²) in [5, 5.41) is 15.6. The van der Waals surface area contributed by atoms with Crippen molar-refractivity contribution in [2.24, 2.45) is 0 Å². The number of hydrogen-bond acceptors (Lipinski definition) is 3. The van der Waals surface area contributed by atoms with Crippen molar-refractivity contribution in [1.82, 2.24) is 10.2 Å². The number of aromatic carboxylic acids is 1. The maximum Gasteiger partial charge on any atom is 0.353 e. The van der Waals surface area contributed by atoms with Gasteiger partial charge in [-0.3, -0.25) is 5.10 Å². The fourth-order valence-corrected chi connectivity index (χ4v) is 1.80. The number of rotatable bonds is 2. The van der Waals surface area contributed by atoms with Gasteiger partial charge in [0.2, 0.25) is 0 Å². The van der Waals surface area contributed by atoms with Gasteiger partial charge in [0.25, 0.3) is 0 Å². The van der Waals surface area contributed by atoms with Crippen LogP contribution in [0.25, 0.3) is 22.2 Å². The van der Waals surface area contributed by atoms with Gasteiger partial charge in [-0.25, -0.2) is 9.18 Å². The van der Waals surface area contributed by atoms with E-state index < -0.39 is 11.8 Å². The first-order chi connectivity index (χ1) is 8.65. The number of furan rings is 1. The number of H-pyrrole nitrogens is 1. The van der Waals surface area contributed by atoms with E-state index in [1.807, 2.05) is 0 Å². The molecular weight excluding hydrogens is 239 g/mol. The molecule has 1 aromatic carbocycles. The summed E-state index contributed by atoms with van der Waals surface area (Å²) < 4.78 is 18.7. The van der Waals surface area contributed by atoms with E-state index in [-0.39, 0.29) is 5.69 Å². The van der Waals surface area contributed by atoms with Crippen LogP contribution in [-0.4, -0.2) is 21.3 Å². The number of carboxylic acid groups (broad SMARTS) is 1. The summed E-state index contributed by atoms with van der Waals surface area (Å²) in [5.41, 5.74) is 1.15. The maximum absolute atomic E-state index is 13.4. The van der Waals surface area contributed by atoms with Crippen LogP contribution in [0.15, 0.2) is 34.9 Å². The van der Waals surface area contributed by atoms with Crippen molar-refractivity contribution in [3.8, 4) is 11.3 Å². The fraction of sp³-hybridized carbons (Fsp3) is 0. The van der Waals surface area contributed by atoms with Gasteiger partial charge in [0.1, 0.15) is 17.1 Å². The summed E-state index contributed by atoms with van der Waals surface area (Å²) in [6, 6.07) is 5.56. The van der Waals surface area contributed by atoms with E-state index >= 15 is 0 Å². The second kappa shape index (κ2) is 3.69. The van der Waals surface area contributed by atoms with E-state index in [2.05, 4.69) is 10.2 Å². The van der Waals surface area contributed by atoms with E-state index in [1.165, 1.54) is 24.5 Å². The van der Waals surface area contributed by atoms with Gasteiger partial charge in [0.15, 0.2) is 0 Å². The molecule has 0 aliphatic carbocycles. The number of benzene rings is 1. The predicted molar refractivity (Wildman–Crippen MR) is 60.7 cm³/mol. The summed E-state index contributed by atoms with van der Waals surface area (Å²) in [6.07, 6.45) is 1.44. The molecule has 90 valence electrons. The number of halogens is 1. The van der Waals surface area contributed by atoms with E-state index in [1.54, 1.807) is 6.07 Å². The minimum atomic E-state index is -1.12. The van der Waals surface area contributed by atoms with Gasteiger partial charge in [0, 0.05) is 10.9 Å². The Hall–Kier alpha value is -2.63. The first-order valence-corrected chi connectivity index (χ1v) is 5.11. The number of nitrogens with one attached hydrogen (secondary N) is 1. The minimum Gasteiger partial charge on any atom is -0.477 e.